The Labute approximate surface area is 321 Å². The van der Waals surface area contributed by atoms with Gasteiger partial charge in [0.2, 0.25) is 0 Å². The molecule has 2 aliphatic heterocycles. The molecule has 1 aliphatic carbocycles. The molecule has 0 fully saturated rings. The van der Waals surface area contributed by atoms with Crippen LogP contribution in [0.3, 0.4) is 0 Å². The average molecular weight is 711 g/mol. The minimum absolute atomic E-state index is 0.249. The maximum atomic E-state index is 6.69. The standard InChI is InChI=1S/C50H38N4O/c1-32-14-13-19-38(37(32)28-29-51)35-24-26-39-40-27-25-36(47-52-48(33-15-5-3-6-16-33)54(2)49(53-47)34-17-7-4-8-18-34)31-44(40)50(43(39)30-35)41-20-9-11-22-45(41)55-46-23-12-10-21-42(46)50/h3-31,48H,51H2,1-2H3/b29-28-. The molecule has 7 aromatic rings. The molecule has 55 heavy (non-hydrogen) atoms. The molecule has 0 bridgehead atoms. The number of aliphatic imine (C=N–C) groups is 2. The summed E-state index contributed by atoms with van der Waals surface area (Å²) >= 11 is 0. The summed E-state index contributed by atoms with van der Waals surface area (Å²) in [4.78, 5) is 12.9. The van der Waals surface area contributed by atoms with Crippen LogP contribution < -0.4 is 10.5 Å². The van der Waals surface area contributed by atoms with Crippen molar-refractivity contribution in [2.45, 2.75) is 18.5 Å². The predicted octanol–water partition coefficient (Wildman–Crippen LogP) is 10.9. The van der Waals surface area contributed by atoms with Crippen LogP contribution in [-0.4, -0.2) is 23.6 Å². The summed E-state index contributed by atoms with van der Waals surface area (Å²) in [7, 11) is 2.08. The molecule has 1 atom stereocenters. The molecule has 1 unspecified atom stereocenters. The molecule has 5 nitrogen and oxygen atoms in total. The van der Waals surface area contributed by atoms with E-state index in [9.17, 15) is 0 Å². The fourth-order valence-corrected chi connectivity index (χ4v) is 8.90. The zero-order valence-corrected chi connectivity index (χ0v) is 30.6. The molecule has 0 amide bonds. The summed E-state index contributed by atoms with van der Waals surface area (Å²) in [6, 6.07) is 58.0. The number of hydrogen-bond donors (Lipinski definition) is 1. The Morgan fingerprint density at radius 3 is 1.87 bits per heavy atom. The number of aryl methyl sites for hydroxylation is 1. The Balaban J connectivity index is 1.24. The van der Waals surface area contributed by atoms with Gasteiger partial charge >= 0.3 is 0 Å². The summed E-state index contributed by atoms with van der Waals surface area (Å²) in [5.41, 5.74) is 20.0. The van der Waals surface area contributed by atoms with Crippen molar-refractivity contribution in [1.82, 2.24) is 4.90 Å². The minimum atomic E-state index is -0.674. The summed E-state index contributed by atoms with van der Waals surface area (Å²) in [6.45, 7) is 2.13. The van der Waals surface area contributed by atoms with Gasteiger partial charge in [0.25, 0.3) is 0 Å². The van der Waals surface area contributed by atoms with E-state index < -0.39 is 5.41 Å². The van der Waals surface area contributed by atoms with Crippen LogP contribution in [0.25, 0.3) is 28.3 Å². The Bertz CT molecular complexity index is 2680. The molecular formula is C50H38N4O. The minimum Gasteiger partial charge on any atom is -0.457 e. The predicted molar refractivity (Wildman–Crippen MR) is 224 cm³/mol. The molecule has 0 saturated carbocycles. The maximum Gasteiger partial charge on any atom is 0.159 e. The van der Waals surface area contributed by atoms with E-state index in [1.807, 2.05) is 18.2 Å². The van der Waals surface area contributed by atoms with E-state index in [0.29, 0.717) is 5.84 Å². The molecule has 2 N–H and O–H groups in total. The zero-order valence-electron chi connectivity index (χ0n) is 30.6. The molecule has 3 aliphatic rings. The topological polar surface area (TPSA) is 63.2 Å². The lowest BCUT2D eigenvalue weighted by atomic mass is 9.65. The highest BCUT2D eigenvalue weighted by Gasteiger charge is 2.51. The SMILES string of the molecule is Cc1cccc(-c2ccc3c(c2)C2(c4ccccc4Oc4ccccc42)c2cc(C4=NC(c5ccccc5)N(C)C(c5ccccc5)=N4)ccc2-3)c1/C=C\N. The van der Waals surface area contributed by atoms with E-state index >= 15 is 0 Å². The van der Waals surface area contributed by atoms with Crippen molar-refractivity contribution >= 4 is 17.7 Å². The van der Waals surface area contributed by atoms with Gasteiger partial charge in [0.15, 0.2) is 5.84 Å². The van der Waals surface area contributed by atoms with Gasteiger partial charge in [0.1, 0.15) is 23.5 Å². The normalized spacial score (nSPS) is 16.1. The summed E-state index contributed by atoms with van der Waals surface area (Å²) in [5, 5.41) is 0. The molecule has 0 aromatic heterocycles. The largest absolute Gasteiger partial charge is 0.457 e. The number of ether oxygens (including phenoxy) is 1. The number of hydrogen-bond acceptors (Lipinski definition) is 5. The van der Waals surface area contributed by atoms with Crippen molar-refractivity contribution in [3.8, 4) is 33.8 Å². The van der Waals surface area contributed by atoms with Crippen LogP contribution in [0, 0.1) is 6.92 Å². The first-order valence-electron chi connectivity index (χ1n) is 18.7. The van der Waals surface area contributed by atoms with Crippen molar-refractivity contribution < 1.29 is 4.74 Å². The molecule has 10 rings (SSSR count). The summed E-state index contributed by atoms with van der Waals surface area (Å²) in [6.07, 6.45) is 3.38. The highest BCUT2D eigenvalue weighted by Crippen LogP contribution is 2.62. The number of nitrogens with zero attached hydrogens (tertiary/aromatic N) is 3. The van der Waals surface area contributed by atoms with Crippen LogP contribution in [0.5, 0.6) is 11.5 Å². The van der Waals surface area contributed by atoms with Crippen molar-refractivity contribution in [2.24, 2.45) is 15.7 Å². The molecule has 5 heteroatoms. The average Bonchev–Trinajstić information content (AvgIpc) is 3.51. The fourth-order valence-electron chi connectivity index (χ4n) is 8.90. The molecule has 2 heterocycles. The molecule has 0 radical (unpaired) electrons. The summed E-state index contributed by atoms with van der Waals surface area (Å²) < 4.78 is 6.69. The maximum absolute atomic E-state index is 6.69. The second kappa shape index (κ2) is 12.9. The highest BCUT2D eigenvalue weighted by molar-refractivity contribution is 6.13. The first-order chi connectivity index (χ1) is 27.1. The van der Waals surface area contributed by atoms with Gasteiger partial charge in [0, 0.05) is 29.3 Å². The van der Waals surface area contributed by atoms with E-state index in [0.717, 1.165) is 61.8 Å². The lowest BCUT2D eigenvalue weighted by Gasteiger charge is -2.39. The van der Waals surface area contributed by atoms with E-state index in [1.54, 1.807) is 6.20 Å². The smallest absolute Gasteiger partial charge is 0.159 e. The van der Waals surface area contributed by atoms with Crippen LogP contribution in [-0.2, 0) is 5.41 Å². The third-order valence-electron chi connectivity index (χ3n) is 11.4. The van der Waals surface area contributed by atoms with E-state index in [2.05, 4.69) is 171 Å². The fraction of sp³-hybridized carbons (Fsp3) is 0.0800. The Kier molecular flexibility index (Phi) is 7.63. The zero-order chi connectivity index (χ0) is 37.1. The molecule has 1 spiro atoms. The third-order valence-corrected chi connectivity index (χ3v) is 11.4. The van der Waals surface area contributed by atoms with Crippen LogP contribution in [0.15, 0.2) is 180 Å². The number of benzene rings is 7. The second-order valence-corrected chi connectivity index (χ2v) is 14.4. The molecule has 0 saturated heterocycles. The first kappa shape index (κ1) is 32.7. The van der Waals surface area contributed by atoms with E-state index in [-0.39, 0.29) is 6.17 Å². The monoisotopic (exact) mass is 710 g/mol. The summed E-state index contributed by atoms with van der Waals surface area (Å²) in [5.74, 6) is 3.28. The van der Waals surface area contributed by atoms with E-state index in [1.165, 1.54) is 27.8 Å². The van der Waals surface area contributed by atoms with Gasteiger partial charge in [-0.1, -0.05) is 140 Å². The van der Waals surface area contributed by atoms with Gasteiger partial charge in [-0.15, -0.1) is 0 Å². The highest BCUT2D eigenvalue weighted by atomic mass is 16.5. The van der Waals surface area contributed by atoms with Crippen molar-refractivity contribution in [2.75, 3.05) is 7.05 Å². The van der Waals surface area contributed by atoms with Gasteiger partial charge in [-0.2, -0.15) is 0 Å². The van der Waals surface area contributed by atoms with Gasteiger partial charge in [-0.05, 0) is 93.5 Å². The quantitative estimate of drug-likeness (QED) is 0.193. The first-order valence-corrected chi connectivity index (χ1v) is 18.7. The second-order valence-electron chi connectivity index (χ2n) is 14.4. The Morgan fingerprint density at radius 2 is 1.20 bits per heavy atom. The van der Waals surface area contributed by atoms with Gasteiger partial charge < -0.3 is 15.4 Å². The number of para-hydroxylation sites is 2. The number of rotatable bonds is 5. The molecule has 264 valence electrons. The van der Waals surface area contributed by atoms with Crippen molar-refractivity contribution in [1.29, 1.82) is 0 Å². The van der Waals surface area contributed by atoms with Crippen LogP contribution >= 0.6 is 0 Å². The third kappa shape index (κ3) is 5.00. The van der Waals surface area contributed by atoms with Crippen molar-refractivity contribution in [3.63, 3.8) is 0 Å². The van der Waals surface area contributed by atoms with Gasteiger partial charge in [-0.3, -0.25) is 0 Å². The number of fused-ring (bicyclic) bond motifs is 9. The number of amidine groups is 2. The van der Waals surface area contributed by atoms with Crippen LogP contribution in [0.2, 0.25) is 0 Å². The van der Waals surface area contributed by atoms with Crippen LogP contribution in [0.1, 0.15) is 56.2 Å². The molecular weight excluding hydrogens is 673 g/mol. The van der Waals surface area contributed by atoms with E-state index in [4.69, 9.17) is 20.5 Å². The Hall–Kier alpha value is -6.98. The van der Waals surface area contributed by atoms with Gasteiger partial charge in [-0.25, -0.2) is 9.98 Å². The lowest BCUT2D eigenvalue weighted by Crippen LogP contribution is -2.36. The van der Waals surface area contributed by atoms with Crippen LogP contribution in [0.4, 0.5) is 0 Å². The van der Waals surface area contributed by atoms with Gasteiger partial charge in [0.05, 0.1) is 5.41 Å². The number of nitrogens with two attached hydrogens (primary N) is 1. The lowest BCUT2D eigenvalue weighted by molar-refractivity contribution is 0.383. The molecule has 7 aromatic carbocycles. The van der Waals surface area contributed by atoms with Crippen molar-refractivity contribution in [3.05, 3.63) is 220 Å². The Morgan fingerprint density at radius 1 is 0.600 bits per heavy atom.